The predicted octanol–water partition coefficient (Wildman–Crippen LogP) is -0.279. The van der Waals surface area contributed by atoms with Crippen LogP contribution in [0.25, 0.3) is 0 Å². The van der Waals surface area contributed by atoms with Gasteiger partial charge in [-0.1, -0.05) is 13.8 Å². The van der Waals surface area contributed by atoms with Crippen molar-refractivity contribution in [3.8, 4) is 0 Å². The maximum atomic E-state index is 11.9. The van der Waals surface area contributed by atoms with Crippen molar-refractivity contribution in [3.05, 3.63) is 0 Å². The molecule has 1 saturated heterocycles. The molecule has 1 fully saturated rings. The lowest BCUT2D eigenvalue weighted by Crippen LogP contribution is -2.64. The fourth-order valence-corrected chi connectivity index (χ4v) is 1.72. The molecular weight excluding hydrogens is 206 g/mol. The maximum Gasteiger partial charge on any atom is 0.245 e. The number of nitrogens with zero attached hydrogens (tertiary/aromatic N) is 1. The molecule has 0 aromatic carbocycles. The van der Waals surface area contributed by atoms with E-state index in [4.69, 9.17) is 0 Å². The molecular formula is C11H21N3O2. The van der Waals surface area contributed by atoms with Crippen molar-refractivity contribution in [2.75, 3.05) is 19.6 Å². The van der Waals surface area contributed by atoms with Crippen LogP contribution in [0.5, 0.6) is 0 Å². The van der Waals surface area contributed by atoms with Gasteiger partial charge in [-0.05, 0) is 13.8 Å². The van der Waals surface area contributed by atoms with Crippen LogP contribution in [0.2, 0.25) is 0 Å². The summed E-state index contributed by atoms with van der Waals surface area (Å²) in [5.74, 6) is -0.106. The number of hydrogen-bond donors (Lipinski definition) is 2. The molecule has 0 aliphatic carbocycles. The highest BCUT2D eigenvalue weighted by atomic mass is 16.2. The van der Waals surface area contributed by atoms with Gasteiger partial charge in [-0.2, -0.15) is 0 Å². The first kappa shape index (κ1) is 13.0. The van der Waals surface area contributed by atoms with Crippen LogP contribution in [0.1, 0.15) is 27.7 Å². The number of rotatable bonds is 3. The summed E-state index contributed by atoms with van der Waals surface area (Å²) in [5, 5.41) is 5.84. The highest BCUT2D eigenvalue weighted by molar-refractivity contribution is 5.92. The van der Waals surface area contributed by atoms with Crippen molar-refractivity contribution in [1.82, 2.24) is 15.5 Å². The molecule has 5 nitrogen and oxygen atoms in total. The van der Waals surface area contributed by atoms with Crippen molar-refractivity contribution >= 4 is 11.8 Å². The molecule has 0 spiro atoms. The highest BCUT2D eigenvalue weighted by Crippen LogP contribution is 2.17. The Morgan fingerprint density at radius 3 is 2.75 bits per heavy atom. The summed E-state index contributed by atoms with van der Waals surface area (Å²) >= 11 is 0. The number of piperazine rings is 1. The second-order valence-electron chi connectivity index (χ2n) is 4.90. The summed E-state index contributed by atoms with van der Waals surface area (Å²) in [6.45, 7) is 8.92. The summed E-state index contributed by atoms with van der Waals surface area (Å²) in [6, 6.07) is 0.269. The van der Waals surface area contributed by atoms with Gasteiger partial charge in [0.05, 0.1) is 6.54 Å². The molecule has 0 saturated carbocycles. The SMILES string of the molecule is CC(C)NCC(=O)N1CCNC(=O)C1(C)C. The monoisotopic (exact) mass is 227 g/mol. The van der Waals surface area contributed by atoms with Crippen LogP contribution >= 0.6 is 0 Å². The zero-order valence-corrected chi connectivity index (χ0v) is 10.5. The molecule has 0 atom stereocenters. The second kappa shape index (κ2) is 4.82. The van der Waals surface area contributed by atoms with Gasteiger partial charge >= 0.3 is 0 Å². The Bertz CT molecular complexity index is 287. The van der Waals surface area contributed by atoms with Crippen molar-refractivity contribution in [1.29, 1.82) is 0 Å². The van der Waals surface area contributed by atoms with Crippen molar-refractivity contribution < 1.29 is 9.59 Å². The number of carbonyl (C=O) groups is 2. The predicted molar refractivity (Wildman–Crippen MR) is 61.9 cm³/mol. The first-order valence-corrected chi connectivity index (χ1v) is 5.68. The van der Waals surface area contributed by atoms with E-state index in [1.165, 1.54) is 0 Å². The summed E-state index contributed by atoms with van der Waals surface area (Å²) in [7, 11) is 0. The molecule has 0 unspecified atom stereocenters. The molecule has 16 heavy (non-hydrogen) atoms. The number of hydrogen-bond acceptors (Lipinski definition) is 3. The average Bonchev–Trinajstić information content (AvgIpc) is 2.18. The van der Waals surface area contributed by atoms with E-state index >= 15 is 0 Å². The van der Waals surface area contributed by atoms with Gasteiger partial charge in [0.25, 0.3) is 0 Å². The zero-order chi connectivity index (χ0) is 12.3. The maximum absolute atomic E-state index is 11.9. The lowest BCUT2D eigenvalue weighted by Gasteiger charge is -2.41. The van der Waals surface area contributed by atoms with Crippen molar-refractivity contribution in [2.24, 2.45) is 0 Å². The molecule has 1 heterocycles. The number of carbonyl (C=O) groups excluding carboxylic acids is 2. The third-order valence-corrected chi connectivity index (χ3v) is 2.81. The van der Waals surface area contributed by atoms with Crippen LogP contribution in [0.3, 0.4) is 0 Å². The van der Waals surface area contributed by atoms with Crippen molar-refractivity contribution in [3.63, 3.8) is 0 Å². The van der Waals surface area contributed by atoms with Gasteiger partial charge in [-0.15, -0.1) is 0 Å². The van der Waals surface area contributed by atoms with E-state index in [2.05, 4.69) is 10.6 Å². The standard InChI is InChI=1S/C11H21N3O2/c1-8(2)13-7-9(15)14-6-5-12-10(16)11(14,3)4/h8,13H,5-7H2,1-4H3,(H,12,16). The Morgan fingerprint density at radius 2 is 2.19 bits per heavy atom. The summed E-state index contributed by atoms with van der Waals surface area (Å²) < 4.78 is 0. The molecule has 2 N–H and O–H groups in total. The molecule has 0 aromatic heterocycles. The Balaban J connectivity index is 2.63. The Morgan fingerprint density at radius 1 is 1.56 bits per heavy atom. The third kappa shape index (κ3) is 2.72. The van der Waals surface area contributed by atoms with Crippen LogP contribution in [0.4, 0.5) is 0 Å². The van der Waals surface area contributed by atoms with E-state index in [0.29, 0.717) is 13.1 Å². The molecule has 0 bridgehead atoms. The van der Waals surface area contributed by atoms with Crippen molar-refractivity contribution in [2.45, 2.75) is 39.3 Å². The van der Waals surface area contributed by atoms with E-state index in [1.54, 1.807) is 18.7 Å². The largest absolute Gasteiger partial charge is 0.352 e. The molecule has 0 radical (unpaired) electrons. The van der Waals surface area contributed by atoms with Gasteiger partial charge in [0.1, 0.15) is 5.54 Å². The van der Waals surface area contributed by atoms with E-state index in [-0.39, 0.29) is 24.4 Å². The average molecular weight is 227 g/mol. The Kier molecular flexibility index (Phi) is 3.91. The van der Waals surface area contributed by atoms with Gasteiger partial charge in [0.15, 0.2) is 0 Å². The lowest BCUT2D eigenvalue weighted by molar-refractivity contribution is -0.148. The zero-order valence-electron chi connectivity index (χ0n) is 10.5. The van der Waals surface area contributed by atoms with E-state index in [9.17, 15) is 9.59 Å². The summed E-state index contributed by atoms with van der Waals surface area (Å²) in [6.07, 6.45) is 0. The van der Waals surface area contributed by atoms with E-state index < -0.39 is 5.54 Å². The molecule has 92 valence electrons. The van der Waals surface area contributed by atoms with Crippen LogP contribution in [-0.2, 0) is 9.59 Å². The van der Waals surface area contributed by atoms with Gasteiger partial charge in [-0.3, -0.25) is 9.59 Å². The number of nitrogens with one attached hydrogen (secondary N) is 2. The van der Waals surface area contributed by atoms with Gasteiger partial charge in [0, 0.05) is 19.1 Å². The van der Waals surface area contributed by atoms with Gasteiger partial charge in [-0.25, -0.2) is 0 Å². The van der Waals surface area contributed by atoms with Gasteiger partial charge < -0.3 is 15.5 Å². The van der Waals surface area contributed by atoms with E-state index in [0.717, 1.165) is 0 Å². The van der Waals surface area contributed by atoms with Crippen LogP contribution in [-0.4, -0.2) is 47.9 Å². The van der Waals surface area contributed by atoms with Gasteiger partial charge in [0.2, 0.25) is 11.8 Å². The van der Waals surface area contributed by atoms with Crippen LogP contribution < -0.4 is 10.6 Å². The fraction of sp³-hybridized carbons (Fsp3) is 0.818. The van der Waals surface area contributed by atoms with Crippen LogP contribution in [0, 0.1) is 0 Å². The first-order chi connectivity index (χ1) is 7.35. The smallest absolute Gasteiger partial charge is 0.245 e. The second-order valence-corrected chi connectivity index (χ2v) is 4.90. The molecule has 1 aliphatic rings. The molecule has 1 aliphatic heterocycles. The van der Waals surface area contributed by atoms with E-state index in [1.807, 2.05) is 13.8 Å². The summed E-state index contributed by atoms with van der Waals surface area (Å²) in [4.78, 5) is 25.2. The number of amides is 2. The quantitative estimate of drug-likeness (QED) is 0.697. The molecule has 0 aromatic rings. The minimum absolute atomic E-state index is 0.0199. The van der Waals surface area contributed by atoms with Crippen LogP contribution in [0.15, 0.2) is 0 Å². The minimum Gasteiger partial charge on any atom is -0.352 e. The topological polar surface area (TPSA) is 61.4 Å². The normalized spacial score (nSPS) is 19.8. The molecule has 1 rings (SSSR count). The highest BCUT2D eigenvalue weighted by Gasteiger charge is 2.39. The summed E-state index contributed by atoms with van der Waals surface area (Å²) in [5.41, 5.74) is -0.742. The lowest BCUT2D eigenvalue weighted by atomic mass is 9.99. The third-order valence-electron chi connectivity index (χ3n) is 2.81. The molecule has 2 amide bonds. The first-order valence-electron chi connectivity index (χ1n) is 5.68. The Hall–Kier alpha value is -1.10. The minimum atomic E-state index is -0.742. The Labute approximate surface area is 96.6 Å². The fourth-order valence-electron chi connectivity index (χ4n) is 1.72. The molecule has 5 heteroatoms.